The molecule has 236 valence electrons. The van der Waals surface area contributed by atoms with Gasteiger partial charge in [-0.1, -0.05) is 103 Å². The summed E-state index contributed by atoms with van der Waals surface area (Å²) in [7, 11) is -4.29. The minimum absolute atomic E-state index is 0.0188. The molecule has 0 unspecified atom stereocenters. The summed E-state index contributed by atoms with van der Waals surface area (Å²) in [5.41, 5.74) is 2.68. The Morgan fingerprint density at radius 3 is 2.13 bits per heavy atom. The zero-order chi connectivity index (χ0) is 32.6. The van der Waals surface area contributed by atoms with Crippen molar-refractivity contribution in [2.75, 3.05) is 10.8 Å². The van der Waals surface area contributed by atoms with Crippen LogP contribution in [0.4, 0.5) is 5.69 Å². The van der Waals surface area contributed by atoms with Crippen LogP contribution in [0.1, 0.15) is 37.0 Å². The maximum Gasteiger partial charge on any atom is 0.264 e. The van der Waals surface area contributed by atoms with E-state index >= 15 is 0 Å². The molecule has 0 aliphatic heterocycles. The molecule has 2 amide bonds. The first kappa shape index (κ1) is 34.0. The van der Waals surface area contributed by atoms with Crippen molar-refractivity contribution < 1.29 is 18.0 Å². The monoisotopic (exact) mass is 665 g/mol. The highest BCUT2D eigenvalue weighted by molar-refractivity contribution is 7.92. The van der Waals surface area contributed by atoms with Crippen LogP contribution in [-0.4, -0.2) is 43.8 Å². The van der Waals surface area contributed by atoms with Gasteiger partial charge in [0.1, 0.15) is 12.6 Å². The van der Waals surface area contributed by atoms with Crippen molar-refractivity contribution in [2.45, 2.75) is 57.1 Å². The van der Waals surface area contributed by atoms with E-state index in [0.717, 1.165) is 21.0 Å². The molecule has 0 saturated carbocycles. The van der Waals surface area contributed by atoms with Crippen LogP contribution in [0.15, 0.2) is 108 Å². The number of benzene rings is 4. The van der Waals surface area contributed by atoms with Crippen LogP contribution in [0.3, 0.4) is 0 Å². The van der Waals surface area contributed by atoms with Crippen molar-refractivity contribution in [3.8, 4) is 0 Å². The normalized spacial score (nSPS) is 12.6. The van der Waals surface area contributed by atoms with E-state index < -0.39 is 28.5 Å². The van der Waals surface area contributed by atoms with Crippen molar-refractivity contribution in [1.29, 1.82) is 0 Å². The molecule has 0 aromatic heterocycles. The Morgan fingerprint density at radius 1 is 0.867 bits per heavy atom. The molecule has 4 rings (SSSR count). The van der Waals surface area contributed by atoms with E-state index in [1.165, 1.54) is 29.2 Å². The summed E-state index contributed by atoms with van der Waals surface area (Å²) < 4.78 is 29.2. The van der Waals surface area contributed by atoms with E-state index in [9.17, 15) is 18.0 Å². The first-order chi connectivity index (χ1) is 21.5. The van der Waals surface area contributed by atoms with Crippen LogP contribution < -0.4 is 9.62 Å². The highest BCUT2D eigenvalue weighted by Gasteiger charge is 2.35. The molecule has 2 atom stereocenters. The van der Waals surface area contributed by atoms with Gasteiger partial charge in [-0.3, -0.25) is 13.9 Å². The quantitative estimate of drug-likeness (QED) is 0.166. The van der Waals surface area contributed by atoms with Gasteiger partial charge >= 0.3 is 0 Å². The second-order valence-electron chi connectivity index (χ2n) is 10.9. The Balaban J connectivity index is 1.84. The lowest BCUT2D eigenvalue weighted by molar-refractivity contribution is -0.140. The zero-order valence-electron chi connectivity index (χ0n) is 25.5. The van der Waals surface area contributed by atoms with Crippen LogP contribution in [0, 0.1) is 6.92 Å². The molecule has 0 saturated heterocycles. The molecule has 45 heavy (non-hydrogen) atoms. The van der Waals surface area contributed by atoms with Crippen LogP contribution in [0.25, 0.3) is 0 Å². The molecule has 0 fully saturated rings. The topological polar surface area (TPSA) is 86.8 Å². The predicted molar refractivity (Wildman–Crippen MR) is 181 cm³/mol. The van der Waals surface area contributed by atoms with Gasteiger partial charge in [0.05, 0.1) is 15.6 Å². The zero-order valence-corrected chi connectivity index (χ0v) is 27.8. The summed E-state index contributed by atoms with van der Waals surface area (Å²) in [5.74, 6) is -0.901. The Hall–Kier alpha value is -3.85. The number of amides is 2. The maximum absolute atomic E-state index is 14.6. The Bertz CT molecular complexity index is 1720. The van der Waals surface area contributed by atoms with Crippen molar-refractivity contribution in [3.05, 3.63) is 130 Å². The Kier molecular flexibility index (Phi) is 11.7. The minimum Gasteiger partial charge on any atom is -0.352 e. The number of rotatable bonds is 13. The SMILES string of the molecule is CC[C@H](C)NC(=O)[C@H](Cc1ccccc1)N(Cc1ccccc1C)C(=O)CN(c1cc(Cl)ccc1Cl)S(=O)(=O)c1ccccc1. The molecular weight excluding hydrogens is 629 g/mol. The number of nitrogens with one attached hydrogen (secondary N) is 1. The standard InChI is InChI=1S/C35H37Cl2N3O4S/c1-4-26(3)38-35(42)33(21-27-14-7-5-8-15-27)39(23-28-16-12-11-13-25(28)2)34(41)24-40(32-22-29(36)19-20-31(32)37)45(43,44)30-17-9-6-10-18-30/h5-20,22,26,33H,4,21,23-24H2,1-3H3,(H,38,42)/t26-,33-/m0/s1. The van der Waals surface area contributed by atoms with Crippen molar-refractivity contribution >= 4 is 50.7 Å². The Morgan fingerprint density at radius 2 is 1.49 bits per heavy atom. The number of hydrogen-bond acceptors (Lipinski definition) is 4. The lowest BCUT2D eigenvalue weighted by Gasteiger charge is -2.34. The molecule has 0 radical (unpaired) electrons. The van der Waals surface area contributed by atoms with Gasteiger partial charge in [-0.25, -0.2) is 8.42 Å². The fraction of sp³-hybridized carbons (Fsp3) is 0.257. The van der Waals surface area contributed by atoms with Gasteiger partial charge in [-0.15, -0.1) is 0 Å². The number of nitrogens with zero attached hydrogens (tertiary/aromatic N) is 2. The molecule has 0 aliphatic rings. The fourth-order valence-electron chi connectivity index (χ4n) is 4.88. The molecule has 0 aliphatic carbocycles. The summed E-state index contributed by atoms with van der Waals surface area (Å²) >= 11 is 12.8. The van der Waals surface area contributed by atoms with Crippen LogP contribution in [0.5, 0.6) is 0 Å². The molecule has 0 heterocycles. The number of carbonyl (C=O) groups is 2. The maximum atomic E-state index is 14.6. The van der Waals surface area contributed by atoms with Crippen LogP contribution in [-0.2, 0) is 32.6 Å². The van der Waals surface area contributed by atoms with E-state index in [1.54, 1.807) is 24.3 Å². The summed E-state index contributed by atoms with van der Waals surface area (Å²) in [6.07, 6.45) is 0.927. The van der Waals surface area contributed by atoms with Gasteiger partial charge in [0, 0.05) is 24.0 Å². The summed E-state index contributed by atoms with van der Waals surface area (Å²) in [4.78, 5) is 30.0. The van der Waals surface area contributed by atoms with Gasteiger partial charge in [0.15, 0.2) is 0 Å². The highest BCUT2D eigenvalue weighted by Crippen LogP contribution is 2.33. The lowest BCUT2D eigenvalue weighted by atomic mass is 10.0. The van der Waals surface area contributed by atoms with Crippen molar-refractivity contribution in [3.63, 3.8) is 0 Å². The summed E-state index contributed by atoms with van der Waals surface area (Å²) in [5, 5.41) is 3.40. The van der Waals surface area contributed by atoms with Crippen LogP contribution >= 0.6 is 23.2 Å². The second-order valence-corrected chi connectivity index (χ2v) is 13.6. The predicted octanol–water partition coefficient (Wildman–Crippen LogP) is 7.05. The third-order valence-electron chi connectivity index (χ3n) is 7.66. The molecular formula is C35H37Cl2N3O4S. The summed E-state index contributed by atoms with van der Waals surface area (Å²) in [6, 6.07) is 28.2. The molecule has 0 bridgehead atoms. The molecule has 4 aromatic rings. The van der Waals surface area contributed by atoms with Crippen molar-refractivity contribution in [2.24, 2.45) is 0 Å². The number of sulfonamides is 1. The first-order valence-corrected chi connectivity index (χ1v) is 16.9. The number of hydrogen-bond donors (Lipinski definition) is 1. The molecule has 4 aromatic carbocycles. The largest absolute Gasteiger partial charge is 0.352 e. The second kappa shape index (κ2) is 15.4. The van der Waals surface area contributed by atoms with E-state index in [-0.39, 0.29) is 45.5 Å². The third kappa shape index (κ3) is 8.66. The average Bonchev–Trinajstić information content (AvgIpc) is 3.04. The van der Waals surface area contributed by atoms with E-state index in [1.807, 2.05) is 75.4 Å². The van der Waals surface area contributed by atoms with E-state index in [2.05, 4.69) is 5.32 Å². The van der Waals surface area contributed by atoms with Gasteiger partial charge in [0.25, 0.3) is 10.0 Å². The number of aryl methyl sites for hydroxylation is 1. The molecule has 7 nitrogen and oxygen atoms in total. The van der Waals surface area contributed by atoms with E-state index in [4.69, 9.17) is 23.2 Å². The van der Waals surface area contributed by atoms with Gasteiger partial charge in [0.2, 0.25) is 11.8 Å². The number of anilines is 1. The number of halogens is 2. The summed E-state index contributed by atoms with van der Waals surface area (Å²) in [6.45, 7) is 5.26. The molecule has 10 heteroatoms. The average molecular weight is 667 g/mol. The lowest BCUT2D eigenvalue weighted by Crippen LogP contribution is -2.54. The third-order valence-corrected chi connectivity index (χ3v) is 9.99. The minimum atomic E-state index is -4.29. The fourth-order valence-corrected chi connectivity index (χ4v) is 6.76. The van der Waals surface area contributed by atoms with Gasteiger partial charge in [-0.2, -0.15) is 0 Å². The highest BCUT2D eigenvalue weighted by atomic mass is 35.5. The molecule has 1 N–H and O–H groups in total. The number of carbonyl (C=O) groups excluding carboxylic acids is 2. The van der Waals surface area contributed by atoms with Crippen molar-refractivity contribution in [1.82, 2.24) is 10.2 Å². The van der Waals surface area contributed by atoms with Gasteiger partial charge in [-0.05, 0) is 67.3 Å². The Labute approximate surface area is 275 Å². The smallest absolute Gasteiger partial charge is 0.264 e. The van der Waals surface area contributed by atoms with Crippen LogP contribution in [0.2, 0.25) is 10.0 Å². The first-order valence-electron chi connectivity index (χ1n) is 14.7. The molecule has 0 spiro atoms. The van der Waals surface area contributed by atoms with Gasteiger partial charge < -0.3 is 10.2 Å². The van der Waals surface area contributed by atoms with E-state index in [0.29, 0.717) is 6.42 Å².